The molecule has 0 radical (unpaired) electrons. The molecule has 0 aliphatic carbocycles. The van der Waals surface area contributed by atoms with E-state index in [9.17, 15) is 30.3 Å². The molecule has 0 saturated carbocycles. The predicted molar refractivity (Wildman–Crippen MR) is 67.1 cm³/mol. The largest absolute Gasteiger partial charge is 0.394 e. The summed E-state index contributed by atoms with van der Waals surface area (Å²) in [7, 11) is 0. The number of rotatable bonds is 6. The Balaban J connectivity index is 2.72. The molecular weight excluding hydrogens is 288 g/mol. The van der Waals surface area contributed by atoms with E-state index < -0.39 is 67.6 Å². The highest BCUT2D eigenvalue weighted by atomic mass is 16.5. The molecule has 0 aromatic carbocycles. The normalized spacial score (nSPS) is 37.8. The SMILES string of the molecule is C[C@@H](O)[C@@H](O)[C@@H](O)CC(=O)C1O[C@H](CO)[C@@H](O)[C@H](O)[C@H]1O. The summed E-state index contributed by atoms with van der Waals surface area (Å²) in [5.41, 5.74) is 0. The number of Topliss-reactive ketones (excluding diaryl/α,β-unsaturated/α-hetero) is 1. The first-order chi connectivity index (χ1) is 9.70. The molecule has 1 fully saturated rings. The van der Waals surface area contributed by atoms with Crippen LogP contribution in [-0.2, 0) is 9.53 Å². The van der Waals surface area contributed by atoms with Crippen LogP contribution in [0.3, 0.4) is 0 Å². The van der Waals surface area contributed by atoms with E-state index in [1.807, 2.05) is 0 Å². The predicted octanol–water partition coefficient (Wildman–Crippen LogP) is -4.11. The number of aliphatic hydroxyl groups is 7. The van der Waals surface area contributed by atoms with Crippen LogP contribution in [-0.4, -0.2) is 97.0 Å². The summed E-state index contributed by atoms with van der Waals surface area (Å²) >= 11 is 0. The summed E-state index contributed by atoms with van der Waals surface area (Å²) < 4.78 is 5.02. The second kappa shape index (κ2) is 7.56. The van der Waals surface area contributed by atoms with Crippen molar-refractivity contribution in [1.29, 1.82) is 0 Å². The quantitative estimate of drug-likeness (QED) is 0.258. The summed E-state index contributed by atoms with van der Waals surface area (Å²) in [4.78, 5) is 11.9. The van der Waals surface area contributed by atoms with Gasteiger partial charge in [0.15, 0.2) is 5.78 Å². The number of ketones is 1. The summed E-state index contributed by atoms with van der Waals surface area (Å²) in [6.07, 6.45) is -12.8. The highest BCUT2D eigenvalue weighted by Crippen LogP contribution is 2.23. The lowest BCUT2D eigenvalue weighted by molar-refractivity contribution is -0.226. The van der Waals surface area contributed by atoms with Gasteiger partial charge in [-0.15, -0.1) is 0 Å². The molecule has 9 nitrogen and oxygen atoms in total. The van der Waals surface area contributed by atoms with Gasteiger partial charge < -0.3 is 40.5 Å². The van der Waals surface area contributed by atoms with Crippen LogP contribution in [0.15, 0.2) is 0 Å². The monoisotopic (exact) mass is 310 g/mol. The fourth-order valence-electron chi connectivity index (χ4n) is 2.13. The highest BCUT2D eigenvalue weighted by Gasteiger charge is 2.46. The van der Waals surface area contributed by atoms with E-state index in [4.69, 9.17) is 14.9 Å². The maximum absolute atomic E-state index is 11.9. The minimum atomic E-state index is -1.73. The van der Waals surface area contributed by atoms with Crippen molar-refractivity contribution in [3.63, 3.8) is 0 Å². The van der Waals surface area contributed by atoms with Crippen LogP contribution < -0.4 is 0 Å². The second-order valence-corrected chi connectivity index (χ2v) is 5.22. The molecule has 0 aromatic heterocycles. The van der Waals surface area contributed by atoms with Gasteiger partial charge in [-0.25, -0.2) is 0 Å². The van der Waals surface area contributed by atoms with Crippen LogP contribution >= 0.6 is 0 Å². The van der Waals surface area contributed by atoms with E-state index in [1.165, 1.54) is 6.92 Å². The molecule has 8 atom stereocenters. The van der Waals surface area contributed by atoms with Gasteiger partial charge in [-0.05, 0) is 6.92 Å². The summed E-state index contributed by atoms with van der Waals surface area (Å²) in [5.74, 6) is -0.834. The van der Waals surface area contributed by atoms with Gasteiger partial charge in [0.05, 0.1) is 18.8 Å². The van der Waals surface area contributed by atoms with Crippen LogP contribution in [0.4, 0.5) is 0 Å². The maximum atomic E-state index is 11.9. The lowest BCUT2D eigenvalue weighted by Crippen LogP contribution is -2.61. The molecular formula is C12H22O9. The molecule has 124 valence electrons. The zero-order valence-corrected chi connectivity index (χ0v) is 11.5. The Bertz CT molecular complexity index is 346. The zero-order valence-electron chi connectivity index (χ0n) is 11.5. The molecule has 1 rings (SSSR count). The van der Waals surface area contributed by atoms with E-state index in [0.29, 0.717) is 0 Å². The molecule has 0 spiro atoms. The second-order valence-electron chi connectivity index (χ2n) is 5.22. The van der Waals surface area contributed by atoms with Gasteiger partial charge in [0.2, 0.25) is 0 Å². The van der Waals surface area contributed by atoms with Crippen molar-refractivity contribution < 1.29 is 45.3 Å². The van der Waals surface area contributed by atoms with Crippen molar-refractivity contribution in [2.45, 2.75) is 62.2 Å². The smallest absolute Gasteiger partial charge is 0.167 e. The number of hydrogen-bond acceptors (Lipinski definition) is 9. The van der Waals surface area contributed by atoms with Crippen LogP contribution in [0.2, 0.25) is 0 Å². The van der Waals surface area contributed by atoms with Crippen molar-refractivity contribution in [1.82, 2.24) is 0 Å². The number of carbonyl (C=O) groups is 1. The Kier molecular flexibility index (Phi) is 6.63. The average molecular weight is 310 g/mol. The standard InChI is InChI=1S/C12H22O9/c1-4(14)8(17)5(15)2-6(16)12-11(20)10(19)9(18)7(3-13)21-12/h4-5,7-15,17-20H,2-3H2,1H3/t4-,5+,7-,8-,9-,10+,11-,12?/m1/s1. The third-order valence-corrected chi connectivity index (χ3v) is 3.51. The molecule has 0 bridgehead atoms. The Morgan fingerprint density at radius 1 is 1.10 bits per heavy atom. The number of ether oxygens (including phenoxy) is 1. The van der Waals surface area contributed by atoms with E-state index in [1.54, 1.807) is 0 Å². The molecule has 1 aliphatic rings. The molecule has 9 heteroatoms. The Morgan fingerprint density at radius 2 is 1.67 bits per heavy atom. The van der Waals surface area contributed by atoms with Crippen molar-refractivity contribution in [3.05, 3.63) is 0 Å². The molecule has 7 N–H and O–H groups in total. The van der Waals surface area contributed by atoms with Crippen LogP contribution in [0.1, 0.15) is 13.3 Å². The number of aliphatic hydroxyl groups excluding tert-OH is 7. The van der Waals surface area contributed by atoms with Crippen LogP contribution in [0.5, 0.6) is 0 Å². The molecule has 1 unspecified atom stereocenters. The molecule has 0 aromatic rings. The number of hydrogen-bond donors (Lipinski definition) is 7. The fourth-order valence-corrected chi connectivity index (χ4v) is 2.13. The van der Waals surface area contributed by atoms with Crippen molar-refractivity contribution >= 4 is 5.78 Å². The van der Waals surface area contributed by atoms with Crippen molar-refractivity contribution in [2.75, 3.05) is 6.61 Å². The van der Waals surface area contributed by atoms with Crippen molar-refractivity contribution in [3.8, 4) is 0 Å². The summed E-state index contributed by atoms with van der Waals surface area (Å²) in [6, 6.07) is 0. The minimum Gasteiger partial charge on any atom is -0.394 e. The minimum absolute atomic E-state index is 0.630. The molecule has 21 heavy (non-hydrogen) atoms. The molecule has 1 saturated heterocycles. The third kappa shape index (κ3) is 4.18. The lowest BCUT2D eigenvalue weighted by atomic mass is 9.90. The number of carbonyl (C=O) groups excluding carboxylic acids is 1. The summed E-state index contributed by atoms with van der Waals surface area (Å²) in [6.45, 7) is 0.555. The fraction of sp³-hybridized carbons (Fsp3) is 0.917. The van der Waals surface area contributed by atoms with Gasteiger partial charge in [0, 0.05) is 6.42 Å². The zero-order chi connectivity index (χ0) is 16.3. The highest BCUT2D eigenvalue weighted by molar-refractivity contribution is 5.84. The first-order valence-corrected chi connectivity index (χ1v) is 6.58. The topological polar surface area (TPSA) is 168 Å². The molecule has 0 amide bonds. The first-order valence-electron chi connectivity index (χ1n) is 6.58. The van der Waals surface area contributed by atoms with E-state index >= 15 is 0 Å². The average Bonchev–Trinajstić information content (AvgIpc) is 2.43. The third-order valence-electron chi connectivity index (χ3n) is 3.51. The lowest BCUT2D eigenvalue weighted by Gasteiger charge is -2.39. The van der Waals surface area contributed by atoms with E-state index in [-0.39, 0.29) is 0 Å². The van der Waals surface area contributed by atoms with Gasteiger partial charge >= 0.3 is 0 Å². The van der Waals surface area contributed by atoms with Crippen LogP contribution in [0.25, 0.3) is 0 Å². The van der Waals surface area contributed by atoms with Crippen LogP contribution in [0, 0.1) is 0 Å². The first kappa shape index (κ1) is 18.4. The van der Waals surface area contributed by atoms with Crippen molar-refractivity contribution in [2.24, 2.45) is 0 Å². The van der Waals surface area contributed by atoms with Gasteiger partial charge in [-0.2, -0.15) is 0 Å². The Morgan fingerprint density at radius 3 is 2.14 bits per heavy atom. The molecule has 1 aliphatic heterocycles. The Hall–Kier alpha value is -0.650. The van der Waals surface area contributed by atoms with E-state index in [0.717, 1.165) is 0 Å². The maximum Gasteiger partial charge on any atom is 0.167 e. The molecule has 1 heterocycles. The van der Waals surface area contributed by atoms with E-state index in [2.05, 4.69) is 0 Å². The van der Waals surface area contributed by atoms with Gasteiger partial charge in [-0.3, -0.25) is 4.79 Å². The van der Waals surface area contributed by atoms with Gasteiger partial charge in [0.25, 0.3) is 0 Å². The van der Waals surface area contributed by atoms with Gasteiger partial charge in [-0.1, -0.05) is 0 Å². The summed E-state index contributed by atoms with van der Waals surface area (Å²) in [5, 5.41) is 66.0. The Labute approximate surface area is 121 Å². The van der Waals surface area contributed by atoms with Gasteiger partial charge in [0.1, 0.15) is 36.6 Å².